The predicted octanol–water partition coefficient (Wildman–Crippen LogP) is 7.11. The number of nitrogens with one attached hydrogen (secondary N) is 1. The zero-order chi connectivity index (χ0) is 20.5. The molecule has 146 valence electrons. The Morgan fingerprint density at radius 1 is 0.964 bits per heavy atom. The van der Waals surface area contributed by atoms with Crippen LogP contribution in [0.25, 0.3) is 0 Å². The number of rotatable bonds is 5. The van der Waals surface area contributed by atoms with Gasteiger partial charge in [-0.05, 0) is 73.9 Å². The van der Waals surface area contributed by atoms with Gasteiger partial charge in [-0.15, -0.1) is 11.8 Å². The van der Waals surface area contributed by atoms with Crippen molar-refractivity contribution in [1.29, 1.82) is 0 Å². The van der Waals surface area contributed by atoms with E-state index in [2.05, 4.69) is 61.4 Å². The fraction of sp³-hybridized carbons (Fsp3) is 0.182. The van der Waals surface area contributed by atoms with E-state index in [4.69, 9.17) is 23.2 Å². The Balaban J connectivity index is 0.000000237. The number of carbonyl (C=O) groups is 1. The van der Waals surface area contributed by atoms with E-state index >= 15 is 0 Å². The third-order valence-corrected chi connectivity index (χ3v) is 5.69. The van der Waals surface area contributed by atoms with Crippen LogP contribution in [-0.4, -0.2) is 11.4 Å². The van der Waals surface area contributed by atoms with Crippen molar-refractivity contribution in [2.45, 2.75) is 30.9 Å². The number of hydrogen-bond acceptors (Lipinski definition) is 3. The van der Waals surface area contributed by atoms with Gasteiger partial charge in [0, 0.05) is 21.4 Å². The first-order chi connectivity index (χ1) is 13.4. The molecule has 0 fully saturated rings. The van der Waals surface area contributed by atoms with Crippen molar-refractivity contribution in [1.82, 2.24) is 4.98 Å². The molecule has 1 atom stereocenters. The fourth-order valence-electron chi connectivity index (χ4n) is 2.31. The monoisotopic (exact) mass is 432 g/mol. The molecule has 28 heavy (non-hydrogen) atoms. The van der Waals surface area contributed by atoms with E-state index in [-0.39, 0.29) is 0 Å². The highest BCUT2D eigenvalue weighted by molar-refractivity contribution is 7.99. The summed E-state index contributed by atoms with van der Waals surface area (Å²) in [5, 5.41) is 4.16. The molecule has 1 N–H and O–H groups in total. The van der Waals surface area contributed by atoms with Crippen LogP contribution in [0.1, 0.15) is 28.9 Å². The molecule has 0 saturated heterocycles. The fourth-order valence-corrected chi connectivity index (χ4v) is 3.65. The van der Waals surface area contributed by atoms with Crippen molar-refractivity contribution >= 4 is 47.2 Å². The van der Waals surface area contributed by atoms with Gasteiger partial charge in [0.25, 0.3) is 0 Å². The Labute approximate surface area is 180 Å². The molecule has 0 aliphatic rings. The number of amides is 1. The quantitative estimate of drug-likeness (QED) is 0.344. The Morgan fingerprint density at radius 2 is 1.64 bits per heavy atom. The summed E-state index contributed by atoms with van der Waals surface area (Å²) in [5.41, 5.74) is 4.00. The first-order valence-corrected chi connectivity index (χ1v) is 10.3. The summed E-state index contributed by atoms with van der Waals surface area (Å²) in [4.78, 5) is 15.0. The first kappa shape index (κ1) is 22.3. The van der Waals surface area contributed by atoms with E-state index in [9.17, 15) is 4.79 Å². The second-order valence-corrected chi connectivity index (χ2v) is 8.47. The Kier molecular flexibility index (Phi) is 8.84. The maximum absolute atomic E-state index is 9.88. The lowest BCUT2D eigenvalue weighted by atomic mass is 10.1. The molecule has 0 aliphatic heterocycles. The minimum absolute atomic E-state index is 0.435. The number of halogens is 2. The standard InChI is InChI=1S/C16H17ClS.C6H5ClN2O/c1-11-4-9-16(10-12(11)2)18-13(3)14-5-7-15(17)8-6-14;7-5-1-2-6(8-3-5)9-4-10/h4-10,13H,1-3H3;1-4H,(H,8,9,10). The third kappa shape index (κ3) is 7.19. The average molecular weight is 433 g/mol. The van der Waals surface area contributed by atoms with Crippen LogP contribution in [0.3, 0.4) is 0 Å². The molecule has 2 aromatic carbocycles. The van der Waals surface area contributed by atoms with Crippen LogP contribution in [0.4, 0.5) is 5.82 Å². The lowest BCUT2D eigenvalue weighted by Crippen LogP contribution is -1.95. The van der Waals surface area contributed by atoms with E-state index in [0.717, 1.165) is 5.02 Å². The first-order valence-electron chi connectivity index (χ1n) is 8.70. The summed E-state index contributed by atoms with van der Waals surface area (Å²) in [7, 11) is 0. The SMILES string of the molecule is Cc1ccc(SC(C)c2ccc(Cl)cc2)cc1C.O=CNc1ccc(Cl)cn1. The predicted molar refractivity (Wildman–Crippen MR) is 121 cm³/mol. The largest absolute Gasteiger partial charge is 0.313 e. The van der Waals surface area contributed by atoms with Gasteiger partial charge in [-0.25, -0.2) is 4.98 Å². The third-order valence-electron chi connectivity index (χ3n) is 4.06. The zero-order valence-electron chi connectivity index (χ0n) is 15.9. The lowest BCUT2D eigenvalue weighted by molar-refractivity contribution is -0.105. The summed E-state index contributed by atoms with van der Waals surface area (Å²) in [5.74, 6) is 0.499. The highest BCUT2D eigenvalue weighted by Gasteiger charge is 2.08. The molecule has 0 bridgehead atoms. The Hall–Kier alpha value is -2.01. The molecule has 1 unspecified atom stereocenters. The molecule has 0 radical (unpaired) electrons. The summed E-state index contributed by atoms with van der Waals surface area (Å²) in [6, 6.07) is 18.0. The van der Waals surface area contributed by atoms with Crippen LogP contribution in [0.5, 0.6) is 0 Å². The average Bonchev–Trinajstić information content (AvgIpc) is 2.68. The van der Waals surface area contributed by atoms with Crippen molar-refractivity contribution in [2.75, 3.05) is 5.32 Å². The van der Waals surface area contributed by atoms with Crippen molar-refractivity contribution in [2.24, 2.45) is 0 Å². The van der Waals surface area contributed by atoms with Crippen molar-refractivity contribution in [3.63, 3.8) is 0 Å². The molecule has 0 saturated carbocycles. The van der Waals surface area contributed by atoms with E-state index in [1.165, 1.54) is 27.8 Å². The van der Waals surface area contributed by atoms with E-state index in [1.54, 1.807) is 12.1 Å². The second kappa shape index (κ2) is 11.1. The number of nitrogens with zero attached hydrogens (tertiary/aromatic N) is 1. The molecule has 0 aliphatic carbocycles. The molecule has 3 nitrogen and oxygen atoms in total. The smallest absolute Gasteiger partial charge is 0.212 e. The molecule has 1 aromatic heterocycles. The van der Waals surface area contributed by atoms with Gasteiger partial charge >= 0.3 is 0 Å². The summed E-state index contributed by atoms with van der Waals surface area (Å²) in [6.45, 7) is 6.53. The van der Waals surface area contributed by atoms with Gasteiger partial charge in [-0.2, -0.15) is 0 Å². The van der Waals surface area contributed by atoms with E-state index in [1.807, 2.05) is 23.9 Å². The number of anilines is 1. The van der Waals surface area contributed by atoms with E-state index in [0.29, 0.717) is 22.5 Å². The number of pyridine rings is 1. The number of aryl methyl sites for hydroxylation is 2. The van der Waals surface area contributed by atoms with Crippen LogP contribution in [-0.2, 0) is 4.79 Å². The molecule has 1 heterocycles. The maximum Gasteiger partial charge on any atom is 0.212 e. The van der Waals surface area contributed by atoms with Crippen LogP contribution >= 0.6 is 35.0 Å². The Bertz CT molecular complexity index is 899. The highest BCUT2D eigenvalue weighted by atomic mass is 35.5. The lowest BCUT2D eigenvalue weighted by Gasteiger charge is -2.12. The van der Waals surface area contributed by atoms with Gasteiger partial charge in [0.2, 0.25) is 6.41 Å². The van der Waals surface area contributed by atoms with Crippen molar-refractivity contribution in [3.8, 4) is 0 Å². The van der Waals surface area contributed by atoms with Gasteiger partial charge in [0.05, 0.1) is 5.02 Å². The minimum Gasteiger partial charge on any atom is -0.313 e. The minimum atomic E-state index is 0.435. The van der Waals surface area contributed by atoms with Crippen molar-refractivity contribution in [3.05, 3.63) is 87.5 Å². The van der Waals surface area contributed by atoms with Gasteiger partial charge in [-0.1, -0.05) is 41.4 Å². The molecule has 3 rings (SSSR count). The molecule has 6 heteroatoms. The second-order valence-electron chi connectivity index (χ2n) is 6.18. The summed E-state index contributed by atoms with van der Waals surface area (Å²) >= 11 is 13.3. The van der Waals surface area contributed by atoms with Crippen LogP contribution in [0, 0.1) is 13.8 Å². The van der Waals surface area contributed by atoms with Gasteiger partial charge < -0.3 is 5.32 Å². The topological polar surface area (TPSA) is 42.0 Å². The van der Waals surface area contributed by atoms with Gasteiger partial charge in [0.1, 0.15) is 5.82 Å². The molecular weight excluding hydrogens is 411 g/mol. The number of thioether (sulfide) groups is 1. The van der Waals surface area contributed by atoms with Gasteiger partial charge in [-0.3, -0.25) is 4.79 Å². The number of aromatic nitrogens is 1. The number of hydrogen-bond donors (Lipinski definition) is 1. The molecule has 0 spiro atoms. The van der Waals surface area contributed by atoms with Crippen LogP contribution < -0.4 is 5.32 Å². The molecule has 1 amide bonds. The van der Waals surface area contributed by atoms with Crippen LogP contribution in [0.2, 0.25) is 10.0 Å². The molecule has 3 aromatic rings. The molecular formula is C22H22Cl2N2OS. The number of carbonyl (C=O) groups excluding carboxylic acids is 1. The Morgan fingerprint density at radius 3 is 2.21 bits per heavy atom. The maximum atomic E-state index is 9.88. The summed E-state index contributed by atoms with van der Waals surface area (Å²) in [6.07, 6.45) is 2.03. The van der Waals surface area contributed by atoms with Gasteiger partial charge in [0.15, 0.2) is 0 Å². The number of benzene rings is 2. The van der Waals surface area contributed by atoms with Crippen molar-refractivity contribution < 1.29 is 4.79 Å². The van der Waals surface area contributed by atoms with Crippen LogP contribution in [0.15, 0.2) is 65.7 Å². The van der Waals surface area contributed by atoms with E-state index < -0.39 is 0 Å². The zero-order valence-corrected chi connectivity index (χ0v) is 18.3. The summed E-state index contributed by atoms with van der Waals surface area (Å²) < 4.78 is 0. The highest BCUT2D eigenvalue weighted by Crippen LogP contribution is 2.35. The normalized spacial score (nSPS) is 11.2.